The molecule has 0 atom stereocenters. The molecule has 108 valence electrons. The first-order valence-electron chi connectivity index (χ1n) is 6.58. The number of benzene rings is 1. The van der Waals surface area contributed by atoms with E-state index in [9.17, 15) is 0 Å². The fourth-order valence-corrected chi connectivity index (χ4v) is 1.77. The molecule has 0 bridgehead atoms. The van der Waals surface area contributed by atoms with E-state index in [4.69, 9.17) is 19.7 Å². The van der Waals surface area contributed by atoms with Crippen LogP contribution in [0.15, 0.2) is 22.7 Å². The van der Waals surface area contributed by atoms with Crippen molar-refractivity contribution in [3.8, 4) is 11.5 Å². The zero-order chi connectivity index (χ0) is 14.4. The van der Waals surface area contributed by atoms with Crippen LogP contribution >= 0.6 is 0 Å². The molecule has 1 aromatic heterocycles. The van der Waals surface area contributed by atoms with Crippen LogP contribution in [0.3, 0.4) is 0 Å². The predicted molar refractivity (Wildman–Crippen MR) is 73.5 cm³/mol. The fraction of sp³-hybridized carbons (Fsp3) is 0.429. The van der Waals surface area contributed by atoms with Crippen LogP contribution in [0, 0.1) is 0 Å². The largest absolute Gasteiger partial charge is 0.493 e. The predicted octanol–water partition coefficient (Wildman–Crippen LogP) is 2.07. The van der Waals surface area contributed by atoms with E-state index < -0.39 is 0 Å². The number of hydrogen-bond acceptors (Lipinski definition) is 6. The molecular formula is C14H19N3O3. The summed E-state index contributed by atoms with van der Waals surface area (Å²) >= 11 is 0. The minimum Gasteiger partial charge on any atom is -0.493 e. The van der Waals surface area contributed by atoms with Gasteiger partial charge in [0, 0.05) is 13.0 Å². The molecule has 0 aliphatic heterocycles. The second-order valence-corrected chi connectivity index (χ2v) is 4.33. The molecule has 0 saturated heterocycles. The lowest BCUT2D eigenvalue weighted by Crippen LogP contribution is -2.01. The first-order valence-corrected chi connectivity index (χ1v) is 6.58. The maximum atomic E-state index is 5.64. The van der Waals surface area contributed by atoms with Gasteiger partial charge >= 0.3 is 0 Å². The third-order valence-corrected chi connectivity index (χ3v) is 2.80. The van der Waals surface area contributed by atoms with Crippen LogP contribution in [0.1, 0.15) is 30.6 Å². The van der Waals surface area contributed by atoms with Crippen molar-refractivity contribution in [2.45, 2.75) is 32.9 Å². The molecule has 2 aromatic rings. The first-order chi connectivity index (χ1) is 9.76. The summed E-state index contributed by atoms with van der Waals surface area (Å²) in [6.07, 6.45) is 1.78. The lowest BCUT2D eigenvalue weighted by molar-refractivity contribution is 0.233. The van der Waals surface area contributed by atoms with Crippen molar-refractivity contribution in [1.29, 1.82) is 0 Å². The van der Waals surface area contributed by atoms with Gasteiger partial charge in [-0.15, -0.1) is 0 Å². The van der Waals surface area contributed by atoms with Crippen molar-refractivity contribution in [3.05, 3.63) is 35.5 Å². The summed E-state index contributed by atoms with van der Waals surface area (Å²) in [5, 5.41) is 3.87. The van der Waals surface area contributed by atoms with Gasteiger partial charge in [-0.3, -0.25) is 0 Å². The average Bonchev–Trinajstić information content (AvgIpc) is 2.93. The summed E-state index contributed by atoms with van der Waals surface area (Å²) in [6, 6.07) is 5.57. The number of rotatable bonds is 7. The Morgan fingerprint density at radius 2 is 2.15 bits per heavy atom. The zero-order valence-corrected chi connectivity index (χ0v) is 11.8. The molecule has 0 spiro atoms. The van der Waals surface area contributed by atoms with Crippen LogP contribution in [-0.2, 0) is 19.6 Å². The third-order valence-electron chi connectivity index (χ3n) is 2.80. The highest BCUT2D eigenvalue weighted by Crippen LogP contribution is 2.28. The van der Waals surface area contributed by atoms with Gasteiger partial charge < -0.3 is 19.7 Å². The number of aromatic nitrogens is 2. The maximum absolute atomic E-state index is 5.64. The van der Waals surface area contributed by atoms with E-state index in [-0.39, 0.29) is 6.61 Å². The number of nitrogens with zero attached hydrogens (tertiary/aromatic N) is 2. The third kappa shape index (κ3) is 3.48. The second kappa shape index (κ2) is 6.91. The van der Waals surface area contributed by atoms with Gasteiger partial charge in [-0.1, -0.05) is 18.1 Å². The average molecular weight is 277 g/mol. The molecule has 2 rings (SSSR count). The van der Waals surface area contributed by atoms with Crippen molar-refractivity contribution in [2.75, 3.05) is 7.11 Å². The van der Waals surface area contributed by atoms with E-state index in [2.05, 4.69) is 17.1 Å². The molecule has 0 aliphatic carbocycles. The fourth-order valence-electron chi connectivity index (χ4n) is 1.77. The molecule has 1 aromatic carbocycles. The molecule has 0 unspecified atom stereocenters. The summed E-state index contributed by atoms with van der Waals surface area (Å²) in [5.41, 5.74) is 6.57. The summed E-state index contributed by atoms with van der Waals surface area (Å²) in [4.78, 5) is 4.24. The molecule has 1 heterocycles. The summed E-state index contributed by atoms with van der Waals surface area (Å²) < 4.78 is 16.0. The Morgan fingerprint density at radius 1 is 1.30 bits per heavy atom. The summed E-state index contributed by atoms with van der Waals surface area (Å²) in [6.45, 7) is 2.74. The number of ether oxygens (including phenoxy) is 2. The van der Waals surface area contributed by atoms with Crippen LogP contribution in [0.4, 0.5) is 0 Å². The normalized spacial score (nSPS) is 10.6. The van der Waals surface area contributed by atoms with Crippen LogP contribution in [0.2, 0.25) is 0 Å². The van der Waals surface area contributed by atoms with E-state index in [1.54, 1.807) is 7.11 Å². The standard InChI is InChI=1S/C14H19N3O3/c1-3-4-13-16-14(20-17-13)9-19-11-6-5-10(8-15)7-12(11)18-2/h5-7H,3-4,8-9,15H2,1-2H3. The van der Waals surface area contributed by atoms with Gasteiger partial charge in [-0.2, -0.15) is 4.98 Å². The highest BCUT2D eigenvalue weighted by atomic mass is 16.5. The number of nitrogens with two attached hydrogens (primary N) is 1. The van der Waals surface area contributed by atoms with E-state index in [0.29, 0.717) is 29.8 Å². The smallest absolute Gasteiger partial charge is 0.264 e. The molecule has 2 N–H and O–H groups in total. The molecule has 6 heteroatoms. The van der Waals surface area contributed by atoms with Gasteiger partial charge in [0.15, 0.2) is 23.9 Å². The van der Waals surface area contributed by atoms with Crippen LogP contribution in [0.25, 0.3) is 0 Å². The van der Waals surface area contributed by atoms with Crippen LogP contribution in [-0.4, -0.2) is 17.3 Å². The molecule has 0 fully saturated rings. The van der Waals surface area contributed by atoms with Crippen molar-refractivity contribution < 1.29 is 14.0 Å². The molecule has 20 heavy (non-hydrogen) atoms. The van der Waals surface area contributed by atoms with Crippen LogP contribution in [0.5, 0.6) is 11.5 Å². The molecule has 0 amide bonds. The topological polar surface area (TPSA) is 83.4 Å². The van der Waals surface area contributed by atoms with Crippen molar-refractivity contribution >= 4 is 0 Å². The molecule has 0 aliphatic rings. The van der Waals surface area contributed by atoms with Gasteiger partial charge in [-0.25, -0.2) is 0 Å². The Hall–Kier alpha value is -2.08. The quantitative estimate of drug-likeness (QED) is 0.834. The molecule has 0 saturated carbocycles. The van der Waals surface area contributed by atoms with E-state index in [1.165, 1.54) is 0 Å². The Balaban J connectivity index is 2.02. The lowest BCUT2D eigenvalue weighted by atomic mass is 10.2. The molecule has 0 radical (unpaired) electrons. The number of hydrogen-bond donors (Lipinski definition) is 1. The van der Waals surface area contributed by atoms with E-state index in [1.807, 2.05) is 18.2 Å². The summed E-state index contributed by atoms with van der Waals surface area (Å²) in [5.74, 6) is 2.43. The van der Waals surface area contributed by atoms with E-state index in [0.717, 1.165) is 18.4 Å². The molecule has 6 nitrogen and oxygen atoms in total. The maximum Gasteiger partial charge on any atom is 0.264 e. The zero-order valence-electron chi connectivity index (χ0n) is 11.8. The number of methoxy groups -OCH3 is 1. The highest BCUT2D eigenvalue weighted by Gasteiger charge is 2.09. The Bertz CT molecular complexity index is 554. The first kappa shape index (κ1) is 14.3. The SMILES string of the molecule is CCCc1noc(COc2ccc(CN)cc2OC)n1. The van der Waals surface area contributed by atoms with Crippen LogP contribution < -0.4 is 15.2 Å². The highest BCUT2D eigenvalue weighted by molar-refractivity contribution is 5.42. The monoisotopic (exact) mass is 277 g/mol. The Kier molecular flexibility index (Phi) is 4.95. The van der Waals surface area contributed by atoms with Gasteiger partial charge in [0.25, 0.3) is 5.89 Å². The minimum absolute atomic E-state index is 0.217. The minimum atomic E-state index is 0.217. The van der Waals surface area contributed by atoms with Gasteiger partial charge in [0.1, 0.15) is 0 Å². The van der Waals surface area contributed by atoms with Crippen molar-refractivity contribution in [2.24, 2.45) is 5.73 Å². The van der Waals surface area contributed by atoms with Crippen molar-refractivity contribution in [1.82, 2.24) is 10.1 Å². The molecular weight excluding hydrogens is 258 g/mol. The van der Waals surface area contributed by atoms with Gasteiger partial charge in [0.2, 0.25) is 0 Å². The summed E-state index contributed by atoms with van der Waals surface area (Å²) in [7, 11) is 1.59. The van der Waals surface area contributed by atoms with E-state index >= 15 is 0 Å². The Labute approximate surface area is 117 Å². The van der Waals surface area contributed by atoms with Gasteiger partial charge in [-0.05, 0) is 24.1 Å². The Morgan fingerprint density at radius 3 is 2.85 bits per heavy atom. The van der Waals surface area contributed by atoms with Crippen molar-refractivity contribution in [3.63, 3.8) is 0 Å². The second-order valence-electron chi connectivity index (χ2n) is 4.33. The number of aryl methyl sites for hydroxylation is 1. The van der Waals surface area contributed by atoms with Gasteiger partial charge in [0.05, 0.1) is 7.11 Å². The lowest BCUT2D eigenvalue weighted by Gasteiger charge is -2.10.